The lowest BCUT2D eigenvalue weighted by Gasteiger charge is -2.04. The van der Waals surface area contributed by atoms with Crippen LogP contribution in [-0.2, 0) is 4.74 Å². The summed E-state index contributed by atoms with van der Waals surface area (Å²) in [5, 5.41) is 0. The van der Waals surface area contributed by atoms with E-state index in [0.717, 1.165) is 23.3 Å². The molecule has 2 nitrogen and oxygen atoms in total. The summed E-state index contributed by atoms with van der Waals surface area (Å²) >= 11 is 0. The molecule has 0 aromatic heterocycles. The number of methoxy groups -OCH3 is 1. The molecule has 0 aliphatic carbocycles. The first-order valence-corrected chi connectivity index (χ1v) is 6.25. The fourth-order valence-electron chi connectivity index (χ4n) is 2.04. The first-order chi connectivity index (χ1) is 8.26. The fourth-order valence-corrected chi connectivity index (χ4v) is 2.04. The summed E-state index contributed by atoms with van der Waals surface area (Å²) < 4.78 is 10.8. The zero-order valence-electron chi connectivity index (χ0n) is 10.6. The van der Waals surface area contributed by atoms with Gasteiger partial charge in [0.2, 0.25) is 0 Å². The SMILES string of the molecule is C=C(c1ccc(OC)cc1)[C@@H]1O[C@H]1CCCC. The molecule has 0 bridgehead atoms. The van der Waals surface area contributed by atoms with Crippen molar-refractivity contribution >= 4 is 5.57 Å². The van der Waals surface area contributed by atoms with Crippen LogP contribution in [0.25, 0.3) is 5.57 Å². The zero-order valence-corrected chi connectivity index (χ0v) is 10.6. The molecule has 0 amide bonds. The van der Waals surface area contributed by atoms with Crippen molar-refractivity contribution in [3.05, 3.63) is 36.4 Å². The van der Waals surface area contributed by atoms with E-state index in [-0.39, 0.29) is 6.10 Å². The van der Waals surface area contributed by atoms with Gasteiger partial charge in [0.05, 0.1) is 13.2 Å². The van der Waals surface area contributed by atoms with E-state index in [1.807, 2.05) is 24.3 Å². The average molecular weight is 232 g/mol. The minimum Gasteiger partial charge on any atom is -0.497 e. The van der Waals surface area contributed by atoms with Gasteiger partial charge in [-0.05, 0) is 29.7 Å². The molecule has 1 fully saturated rings. The second-order valence-corrected chi connectivity index (χ2v) is 4.49. The minimum atomic E-state index is 0.231. The van der Waals surface area contributed by atoms with E-state index >= 15 is 0 Å². The van der Waals surface area contributed by atoms with Crippen LogP contribution in [0.15, 0.2) is 30.8 Å². The van der Waals surface area contributed by atoms with Crippen LogP contribution in [0.4, 0.5) is 0 Å². The summed E-state index contributed by atoms with van der Waals surface area (Å²) in [7, 11) is 1.68. The van der Waals surface area contributed by atoms with E-state index in [9.17, 15) is 0 Å². The molecule has 92 valence electrons. The molecule has 1 aliphatic rings. The number of epoxide rings is 1. The third-order valence-electron chi connectivity index (χ3n) is 3.23. The highest BCUT2D eigenvalue weighted by Gasteiger charge is 2.40. The van der Waals surface area contributed by atoms with Gasteiger partial charge >= 0.3 is 0 Å². The lowest BCUT2D eigenvalue weighted by atomic mass is 10.0. The first-order valence-electron chi connectivity index (χ1n) is 6.25. The third kappa shape index (κ3) is 2.89. The number of hydrogen-bond acceptors (Lipinski definition) is 2. The van der Waals surface area contributed by atoms with Crippen molar-refractivity contribution in [3.8, 4) is 5.75 Å². The Morgan fingerprint density at radius 2 is 2.06 bits per heavy atom. The molecule has 1 heterocycles. The van der Waals surface area contributed by atoms with E-state index in [4.69, 9.17) is 9.47 Å². The molecule has 17 heavy (non-hydrogen) atoms. The predicted octanol–water partition coefficient (Wildman–Crippen LogP) is 3.67. The minimum absolute atomic E-state index is 0.231. The van der Waals surface area contributed by atoms with Crippen LogP contribution < -0.4 is 4.74 Å². The van der Waals surface area contributed by atoms with E-state index in [1.165, 1.54) is 12.8 Å². The van der Waals surface area contributed by atoms with Crippen molar-refractivity contribution in [1.82, 2.24) is 0 Å². The van der Waals surface area contributed by atoms with Crippen LogP contribution in [0.5, 0.6) is 5.75 Å². The van der Waals surface area contributed by atoms with Crippen molar-refractivity contribution in [2.45, 2.75) is 38.4 Å². The topological polar surface area (TPSA) is 21.8 Å². The fraction of sp³-hybridized carbons (Fsp3) is 0.467. The van der Waals surface area contributed by atoms with Crippen molar-refractivity contribution in [1.29, 1.82) is 0 Å². The summed E-state index contributed by atoms with van der Waals surface area (Å²) in [5.41, 5.74) is 2.24. The van der Waals surface area contributed by atoms with E-state index in [1.54, 1.807) is 7.11 Å². The van der Waals surface area contributed by atoms with Crippen molar-refractivity contribution in [2.24, 2.45) is 0 Å². The zero-order chi connectivity index (χ0) is 12.3. The Labute approximate surface area is 103 Å². The van der Waals surface area contributed by atoms with Crippen LogP contribution in [0, 0.1) is 0 Å². The Morgan fingerprint density at radius 3 is 2.65 bits per heavy atom. The molecule has 0 spiro atoms. The number of benzene rings is 1. The molecule has 1 aromatic rings. The number of rotatable bonds is 6. The lowest BCUT2D eigenvalue weighted by molar-refractivity contribution is 0.377. The van der Waals surface area contributed by atoms with Gasteiger partial charge in [0.15, 0.2) is 0 Å². The van der Waals surface area contributed by atoms with Crippen molar-refractivity contribution < 1.29 is 9.47 Å². The van der Waals surface area contributed by atoms with Crippen LogP contribution in [0.2, 0.25) is 0 Å². The first kappa shape index (κ1) is 12.2. The van der Waals surface area contributed by atoms with Crippen LogP contribution in [0.1, 0.15) is 31.7 Å². The number of ether oxygens (including phenoxy) is 2. The van der Waals surface area contributed by atoms with E-state index in [2.05, 4.69) is 13.5 Å². The Kier molecular flexibility index (Phi) is 3.85. The molecule has 0 unspecified atom stereocenters. The smallest absolute Gasteiger partial charge is 0.118 e. The van der Waals surface area contributed by atoms with Gasteiger partial charge in [0.1, 0.15) is 11.9 Å². The maximum Gasteiger partial charge on any atom is 0.118 e. The average Bonchev–Trinajstić information content (AvgIpc) is 3.15. The number of unbranched alkanes of at least 4 members (excludes halogenated alkanes) is 1. The summed E-state index contributed by atoms with van der Waals surface area (Å²) in [5.74, 6) is 0.876. The molecule has 0 saturated carbocycles. The third-order valence-corrected chi connectivity index (χ3v) is 3.23. The summed E-state index contributed by atoms with van der Waals surface area (Å²) in [6.45, 7) is 6.34. The Morgan fingerprint density at radius 1 is 1.35 bits per heavy atom. The Balaban J connectivity index is 1.92. The van der Waals surface area contributed by atoms with Gasteiger partial charge in [-0.3, -0.25) is 0 Å². The van der Waals surface area contributed by atoms with Gasteiger partial charge in [-0.25, -0.2) is 0 Å². The Hall–Kier alpha value is -1.28. The standard InChI is InChI=1S/C15H20O2/c1-4-5-6-14-15(17-14)11(2)12-7-9-13(16-3)10-8-12/h7-10,14-15H,2,4-6H2,1,3H3/t14-,15-/m0/s1. The molecule has 2 atom stereocenters. The molecular weight excluding hydrogens is 212 g/mol. The molecule has 1 saturated heterocycles. The maximum atomic E-state index is 5.66. The van der Waals surface area contributed by atoms with Gasteiger partial charge in [0.25, 0.3) is 0 Å². The Bertz CT molecular complexity index is 380. The molecule has 1 aromatic carbocycles. The van der Waals surface area contributed by atoms with Crippen molar-refractivity contribution in [3.63, 3.8) is 0 Å². The van der Waals surface area contributed by atoms with Gasteiger partial charge in [-0.2, -0.15) is 0 Å². The second kappa shape index (κ2) is 5.37. The van der Waals surface area contributed by atoms with E-state index in [0.29, 0.717) is 6.10 Å². The predicted molar refractivity (Wildman–Crippen MR) is 70.2 cm³/mol. The highest BCUT2D eigenvalue weighted by atomic mass is 16.6. The molecule has 2 heteroatoms. The molecule has 1 aliphatic heterocycles. The highest BCUT2D eigenvalue weighted by Crippen LogP contribution is 2.37. The van der Waals surface area contributed by atoms with Crippen LogP contribution in [-0.4, -0.2) is 19.3 Å². The largest absolute Gasteiger partial charge is 0.497 e. The van der Waals surface area contributed by atoms with Crippen molar-refractivity contribution in [2.75, 3.05) is 7.11 Å². The maximum absolute atomic E-state index is 5.66. The van der Waals surface area contributed by atoms with Gasteiger partial charge < -0.3 is 9.47 Å². The van der Waals surface area contributed by atoms with Crippen LogP contribution in [0.3, 0.4) is 0 Å². The van der Waals surface area contributed by atoms with Gasteiger partial charge in [-0.15, -0.1) is 0 Å². The van der Waals surface area contributed by atoms with E-state index < -0.39 is 0 Å². The lowest BCUT2D eigenvalue weighted by Crippen LogP contribution is -1.97. The van der Waals surface area contributed by atoms with Crippen LogP contribution >= 0.6 is 0 Å². The highest BCUT2D eigenvalue weighted by molar-refractivity contribution is 5.69. The summed E-state index contributed by atoms with van der Waals surface area (Å²) in [4.78, 5) is 0. The monoisotopic (exact) mass is 232 g/mol. The van der Waals surface area contributed by atoms with Gasteiger partial charge in [-0.1, -0.05) is 38.5 Å². The molecular formula is C15H20O2. The van der Waals surface area contributed by atoms with Gasteiger partial charge in [0, 0.05) is 0 Å². The quantitative estimate of drug-likeness (QED) is 0.698. The summed E-state index contributed by atoms with van der Waals surface area (Å²) in [6.07, 6.45) is 4.23. The molecule has 0 radical (unpaired) electrons. The second-order valence-electron chi connectivity index (χ2n) is 4.49. The molecule has 0 N–H and O–H groups in total. The summed E-state index contributed by atoms with van der Waals surface area (Å²) in [6, 6.07) is 8.01. The number of hydrogen-bond donors (Lipinski definition) is 0. The molecule has 2 rings (SSSR count). The normalized spacial score (nSPS) is 22.2.